The van der Waals surface area contributed by atoms with Gasteiger partial charge in [-0.15, -0.1) is 0 Å². The van der Waals surface area contributed by atoms with Gasteiger partial charge in [-0.3, -0.25) is 14.6 Å². The Bertz CT molecular complexity index is 767. The van der Waals surface area contributed by atoms with E-state index in [9.17, 15) is 4.79 Å². The summed E-state index contributed by atoms with van der Waals surface area (Å²) in [5.41, 5.74) is 2.52. The lowest BCUT2D eigenvalue weighted by molar-refractivity contribution is -0.131. The van der Waals surface area contributed by atoms with E-state index in [4.69, 9.17) is 9.47 Å². The maximum absolute atomic E-state index is 13.1. The van der Waals surface area contributed by atoms with Crippen LogP contribution in [0.1, 0.15) is 44.1 Å². The van der Waals surface area contributed by atoms with Crippen molar-refractivity contribution in [3.05, 3.63) is 35.5 Å². The molecular weight excluding hydrogens is 378 g/mol. The summed E-state index contributed by atoms with van der Waals surface area (Å²) < 4.78 is 10.8. The van der Waals surface area contributed by atoms with E-state index >= 15 is 0 Å². The minimum atomic E-state index is 0.305. The van der Waals surface area contributed by atoms with Gasteiger partial charge in [-0.1, -0.05) is 12.1 Å². The lowest BCUT2D eigenvalue weighted by Gasteiger charge is -2.36. The third-order valence-corrected chi connectivity index (χ3v) is 6.44. The van der Waals surface area contributed by atoms with Crippen molar-refractivity contribution in [3.8, 4) is 11.5 Å². The van der Waals surface area contributed by atoms with Crippen molar-refractivity contribution in [2.45, 2.75) is 51.1 Å². The van der Waals surface area contributed by atoms with Crippen molar-refractivity contribution in [1.29, 1.82) is 0 Å². The topological polar surface area (TPSA) is 45.2 Å². The Kier molecular flexibility index (Phi) is 6.95. The van der Waals surface area contributed by atoms with Gasteiger partial charge in [0.2, 0.25) is 5.91 Å². The molecule has 2 fully saturated rings. The molecule has 6 nitrogen and oxygen atoms in total. The van der Waals surface area contributed by atoms with Gasteiger partial charge in [0, 0.05) is 44.5 Å². The predicted octanol–water partition coefficient (Wildman–Crippen LogP) is 3.27. The first kappa shape index (κ1) is 21.2. The number of allylic oxidation sites excluding steroid dienone is 2. The first-order valence-electron chi connectivity index (χ1n) is 11.3. The average molecular weight is 414 g/mol. The summed E-state index contributed by atoms with van der Waals surface area (Å²) >= 11 is 0. The van der Waals surface area contributed by atoms with Crippen LogP contribution in [-0.2, 0) is 11.3 Å². The number of benzene rings is 1. The molecule has 1 aromatic rings. The SMILES string of the molecule is COc1ccc(CN2CCN(CC(=O)N(C3=CCCCC3)C3CC3)CC2)cc1OC. The molecule has 164 valence electrons. The number of carbonyl (C=O) groups is 1. The Morgan fingerprint density at radius 2 is 1.77 bits per heavy atom. The first-order valence-corrected chi connectivity index (χ1v) is 11.3. The summed E-state index contributed by atoms with van der Waals surface area (Å²) in [6.45, 7) is 5.29. The third-order valence-electron chi connectivity index (χ3n) is 6.44. The number of nitrogens with zero attached hydrogens (tertiary/aromatic N) is 3. The molecule has 0 bridgehead atoms. The molecule has 0 spiro atoms. The van der Waals surface area contributed by atoms with Crippen LogP contribution in [0, 0.1) is 0 Å². The van der Waals surface area contributed by atoms with E-state index in [-0.39, 0.29) is 0 Å². The minimum absolute atomic E-state index is 0.305. The second-order valence-electron chi connectivity index (χ2n) is 8.68. The zero-order chi connectivity index (χ0) is 20.9. The Morgan fingerprint density at radius 3 is 2.40 bits per heavy atom. The molecule has 0 unspecified atom stereocenters. The highest BCUT2D eigenvalue weighted by molar-refractivity contribution is 5.80. The van der Waals surface area contributed by atoms with Gasteiger partial charge in [-0.2, -0.15) is 0 Å². The van der Waals surface area contributed by atoms with E-state index in [1.807, 2.05) is 6.07 Å². The first-order chi connectivity index (χ1) is 14.7. The molecule has 1 saturated carbocycles. The van der Waals surface area contributed by atoms with Crippen molar-refractivity contribution in [3.63, 3.8) is 0 Å². The van der Waals surface area contributed by atoms with E-state index in [2.05, 4.69) is 32.9 Å². The van der Waals surface area contributed by atoms with Crippen LogP contribution in [0.3, 0.4) is 0 Å². The summed E-state index contributed by atoms with van der Waals surface area (Å²) in [6.07, 6.45) is 9.32. The largest absolute Gasteiger partial charge is 0.493 e. The molecule has 0 N–H and O–H groups in total. The van der Waals surface area contributed by atoms with Gasteiger partial charge in [-0.25, -0.2) is 0 Å². The Morgan fingerprint density at radius 1 is 1.03 bits per heavy atom. The van der Waals surface area contributed by atoms with Crippen LogP contribution in [0.25, 0.3) is 0 Å². The van der Waals surface area contributed by atoms with Crippen LogP contribution in [0.2, 0.25) is 0 Å². The lowest BCUT2D eigenvalue weighted by atomic mass is 10.0. The van der Waals surface area contributed by atoms with Crippen molar-refractivity contribution in [1.82, 2.24) is 14.7 Å². The Labute approximate surface area is 180 Å². The summed E-state index contributed by atoms with van der Waals surface area (Å²) in [4.78, 5) is 20.0. The van der Waals surface area contributed by atoms with Gasteiger partial charge in [0.1, 0.15) is 0 Å². The van der Waals surface area contributed by atoms with Gasteiger partial charge in [-0.05, 0) is 56.2 Å². The van der Waals surface area contributed by atoms with Crippen molar-refractivity contribution < 1.29 is 14.3 Å². The molecule has 0 atom stereocenters. The molecule has 1 heterocycles. The highest BCUT2D eigenvalue weighted by Gasteiger charge is 2.35. The zero-order valence-electron chi connectivity index (χ0n) is 18.4. The van der Waals surface area contributed by atoms with Gasteiger partial charge in [0.15, 0.2) is 11.5 Å². The molecule has 4 rings (SSSR count). The fraction of sp³-hybridized carbons (Fsp3) is 0.625. The maximum atomic E-state index is 13.1. The number of hydrogen-bond donors (Lipinski definition) is 0. The molecule has 30 heavy (non-hydrogen) atoms. The van der Waals surface area contributed by atoms with E-state index < -0.39 is 0 Å². The number of carbonyl (C=O) groups excluding carboxylic acids is 1. The molecule has 0 radical (unpaired) electrons. The smallest absolute Gasteiger partial charge is 0.241 e. The summed E-state index contributed by atoms with van der Waals surface area (Å²) in [5, 5.41) is 0. The Hall–Kier alpha value is -2.05. The van der Waals surface area contributed by atoms with Crippen molar-refractivity contribution >= 4 is 5.91 Å². The molecule has 3 aliphatic rings. The summed E-state index contributed by atoms with van der Waals surface area (Å²) in [5.74, 6) is 1.84. The molecule has 2 aliphatic carbocycles. The number of ether oxygens (including phenoxy) is 2. The maximum Gasteiger partial charge on any atom is 0.241 e. The van der Waals surface area contributed by atoms with Crippen molar-refractivity contribution in [2.24, 2.45) is 0 Å². The van der Waals surface area contributed by atoms with Gasteiger partial charge in [0.05, 0.1) is 20.8 Å². The number of amides is 1. The van der Waals surface area contributed by atoms with Crippen LogP contribution in [-0.4, -0.2) is 73.6 Å². The molecule has 1 saturated heterocycles. The summed E-state index contributed by atoms with van der Waals surface area (Å²) in [7, 11) is 3.33. The number of hydrogen-bond acceptors (Lipinski definition) is 5. The normalized spacial score (nSPS) is 20.5. The molecule has 0 aromatic heterocycles. The van der Waals surface area contributed by atoms with Crippen LogP contribution in [0.4, 0.5) is 0 Å². The Balaban J connectivity index is 1.28. The van der Waals surface area contributed by atoms with Crippen LogP contribution >= 0.6 is 0 Å². The second kappa shape index (κ2) is 9.84. The highest BCUT2D eigenvalue weighted by Crippen LogP contribution is 2.34. The summed E-state index contributed by atoms with van der Waals surface area (Å²) in [6, 6.07) is 6.59. The minimum Gasteiger partial charge on any atom is -0.493 e. The molecular formula is C24H35N3O3. The molecule has 1 aromatic carbocycles. The van der Waals surface area contributed by atoms with E-state index in [0.29, 0.717) is 18.5 Å². The van der Waals surface area contributed by atoms with E-state index in [1.54, 1.807) is 14.2 Å². The number of piperazine rings is 1. The predicted molar refractivity (Wildman–Crippen MR) is 118 cm³/mol. The van der Waals surface area contributed by atoms with Gasteiger partial charge < -0.3 is 14.4 Å². The number of rotatable bonds is 8. The fourth-order valence-electron chi connectivity index (χ4n) is 4.58. The molecule has 1 aliphatic heterocycles. The van der Waals surface area contributed by atoms with Crippen LogP contribution < -0.4 is 9.47 Å². The highest BCUT2D eigenvalue weighted by atomic mass is 16.5. The average Bonchev–Trinajstić information content (AvgIpc) is 3.61. The standard InChI is InChI=1S/C24H35N3O3/c1-29-22-11-8-19(16-23(22)30-2)17-25-12-14-26(15-13-25)18-24(28)27(21-9-10-21)20-6-4-3-5-7-20/h6,8,11,16,21H,3-5,7,9-10,12-15,17-18H2,1-2H3. The molecule has 1 amide bonds. The third kappa shape index (κ3) is 5.16. The second-order valence-corrected chi connectivity index (χ2v) is 8.68. The zero-order valence-corrected chi connectivity index (χ0v) is 18.4. The quantitative estimate of drug-likeness (QED) is 0.655. The van der Waals surface area contributed by atoms with Gasteiger partial charge >= 0.3 is 0 Å². The lowest BCUT2D eigenvalue weighted by Crippen LogP contribution is -2.50. The van der Waals surface area contributed by atoms with E-state index in [1.165, 1.54) is 36.9 Å². The van der Waals surface area contributed by atoms with Crippen LogP contribution in [0.15, 0.2) is 30.0 Å². The van der Waals surface area contributed by atoms with Crippen molar-refractivity contribution in [2.75, 3.05) is 46.9 Å². The van der Waals surface area contributed by atoms with E-state index in [0.717, 1.165) is 57.1 Å². The number of methoxy groups -OCH3 is 2. The monoisotopic (exact) mass is 413 g/mol. The molecule has 6 heteroatoms. The fourth-order valence-corrected chi connectivity index (χ4v) is 4.58. The van der Waals surface area contributed by atoms with Gasteiger partial charge in [0.25, 0.3) is 0 Å². The van der Waals surface area contributed by atoms with Crippen LogP contribution in [0.5, 0.6) is 11.5 Å².